The summed E-state index contributed by atoms with van der Waals surface area (Å²) in [5, 5.41) is 3.10. The van der Waals surface area contributed by atoms with Crippen molar-refractivity contribution in [2.24, 2.45) is 0 Å². The van der Waals surface area contributed by atoms with Gasteiger partial charge in [0.1, 0.15) is 6.04 Å². The van der Waals surface area contributed by atoms with Crippen LogP contribution in [-0.4, -0.2) is 26.6 Å². The molecule has 1 N–H and O–H groups in total. The van der Waals surface area contributed by atoms with E-state index in [2.05, 4.69) is 5.32 Å². The van der Waals surface area contributed by atoms with Crippen molar-refractivity contribution in [2.75, 3.05) is 15.9 Å². The molecule has 0 aliphatic rings. The molecule has 0 unspecified atom stereocenters. The van der Waals surface area contributed by atoms with Crippen LogP contribution in [0, 0.1) is 0 Å². The standard InChI is InChI=1S/C17H19ClN2O3S/c1-3-16(17(21)19-15-12-8-7-11-14(15)18)20(24(2,22)23)13-9-5-4-6-10-13/h4-12,16H,3H2,1-2H3,(H,19,21)/t16-/m1/s1. The summed E-state index contributed by atoms with van der Waals surface area (Å²) in [6.07, 6.45) is 1.41. The third-order valence-electron chi connectivity index (χ3n) is 3.47. The molecule has 0 saturated heterocycles. The predicted molar refractivity (Wildman–Crippen MR) is 97.9 cm³/mol. The van der Waals surface area contributed by atoms with E-state index in [0.29, 0.717) is 22.8 Å². The number of rotatable bonds is 6. The minimum atomic E-state index is -3.64. The molecule has 1 amide bonds. The average Bonchev–Trinajstić information content (AvgIpc) is 2.54. The quantitative estimate of drug-likeness (QED) is 0.850. The Labute approximate surface area is 147 Å². The fourth-order valence-corrected chi connectivity index (χ4v) is 3.81. The third kappa shape index (κ3) is 4.27. The number of nitrogens with zero attached hydrogens (tertiary/aromatic N) is 1. The second-order valence-corrected chi connectivity index (χ2v) is 7.55. The summed E-state index contributed by atoms with van der Waals surface area (Å²) in [6.45, 7) is 1.76. The first-order chi connectivity index (χ1) is 11.3. The van der Waals surface area contributed by atoms with Crippen molar-refractivity contribution in [2.45, 2.75) is 19.4 Å². The molecule has 0 aliphatic heterocycles. The van der Waals surface area contributed by atoms with Crippen LogP contribution in [0.5, 0.6) is 0 Å². The summed E-state index contributed by atoms with van der Waals surface area (Å²) in [4.78, 5) is 12.7. The van der Waals surface area contributed by atoms with Gasteiger partial charge in [0.25, 0.3) is 0 Å². The highest BCUT2D eigenvalue weighted by Gasteiger charge is 2.31. The average molecular weight is 367 g/mol. The molecule has 128 valence electrons. The summed E-state index contributed by atoms with van der Waals surface area (Å²) in [5.41, 5.74) is 0.894. The first kappa shape index (κ1) is 18.3. The minimum absolute atomic E-state index is 0.318. The lowest BCUT2D eigenvalue weighted by Crippen LogP contribution is -2.47. The number of nitrogens with one attached hydrogen (secondary N) is 1. The van der Waals surface area contributed by atoms with Crippen LogP contribution in [0.2, 0.25) is 5.02 Å². The maximum Gasteiger partial charge on any atom is 0.248 e. The normalized spacial score (nSPS) is 12.5. The van der Waals surface area contributed by atoms with Crippen molar-refractivity contribution < 1.29 is 13.2 Å². The molecule has 2 aromatic carbocycles. The molecule has 2 rings (SSSR count). The zero-order chi connectivity index (χ0) is 17.7. The number of anilines is 2. The van der Waals surface area contributed by atoms with E-state index in [1.54, 1.807) is 61.5 Å². The first-order valence-corrected chi connectivity index (χ1v) is 9.67. The fraction of sp³-hybridized carbons (Fsp3) is 0.235. The van der Waals surface area contributed by atoms with Crippen LogP contribution in [0.15, 0.2) is 54.6 Å². The summed E-state index contributed by atoms with van der Waals surface area (Å²) in [7, 11) is -3.64. The second kappa shape index (κ2) is 7.68. The Balaban J connectivity index is 2.36. The van der Waals surface area contributed by atoms with E-state index in [-0.39, 0.29) is 0 Å². The molecular weight excluding hydrogens is 348 g/mol. The summed E-state index contributed by atoms with van der Waals surface area (Å²) in [5.74, 6) is -0.431. The van der Waals surface area contributed by atoms with Gasteiger partial charge in [0.05, 0.1) is 22.7 Å². The Morgan fingerprint density at radius 1 is 1.12 bits per heavy atom. The Morgan fingerprint density at radius 3 is 2.25 bits per heavy atom. The van der Waals surface area contributed by atoms with Gasteiger partial charge in [-0.2, -0.15) is 0 Å². The van der Waals surface area contributed by atoms with E-state index in [4.69, 9.17) is 11.6 Å². The van der Waals surface area contributed by atoms with Crippen molar-refractivity contribution in [3.63, 3.8) is 0 Å². The summed E-state index contributed by atoms with van der Waals surface area (Å²) < 4.78 is 25.7. The van der Waals surface area contributed by atoms with Gasteiger partial charge >= 0.3 is 0 Å². The highest BCUT2D eigenvalue weighted by atomic mass is 35.5. The van der Waals surface area contributed by atoms with E-state index in [1.807, 2.05) is 0 Å². The fourth-order valence-electron chi connectivity index (χ4n) is 2.41. The van der Waals surface area contributed by atoms with Crippen molar-refractivity contribution in [3.8, 4) is 0 Å². The summed E-state index contributed by atoms with van der Waals surface area (Å²) in [6, 6.07) is 14.5. The van der Waals surface area contributed by atoms with E-state index < -0.39 is 22.0 Å². The van der Waals surface area contributed by atoms with E-state index in [1.165, 1.54) is 0 Å². The summed E-state index contributed by atoms with van der Waals surface area (Å²) >= 11 is 6.06. The van der Waals surface area contributed by atoms with Gasteiger partial charge in [0, 0.05) is 0 Å². The number of amides is 1. The van der Waals surface area contributed by atoms with Gasteiger partial charge in [-0.3, -0.25) is 9.10 Å². The van der Waals surface area contributed by atoms with Crippen molar-refractivity contribution in [3.05, 3.63) is 59.6 Å². The van der Waals surface area contributed by atoms with Gasteiger partial charge in [-0.05, 0) is 30.7 Å². The Hall–Kier alpha value is -2.05. The molecule has 2 aromatic rings. The molecule has 0 heterocycles. The molecule has 7 heteroatoms. The lowest BCUT2D eigenvalue weighted by Gasteiger charge is -2.30. The Morgan fingerprint density at radius 2 is 1.71 bits per heavy atom. The molecular formula is C17H19ClN2O3S. The molecule has 0 spiro atoms. The van der Waals surface area contributed by atoms with Crippen LogP contribution in [0.1, 0.15) is 13.3 Å². The van der Waals surface area contributed by atoms with Crippen LogP contribution in [-0.2, 0) is 14.8 Å². The van der Waals surface area contributed by atoms with Crippen LogP contribution in [0.4, 0.5) is 11.4 Å². The van der Waals surface area contributed by atoms with Crippen LogP contribution < -0.4 is 9.62 Å². The maximum absolute atomic E-state index is 12.7. The predicted octanol–water partition coefficient (Wildman–Crippen LogP) is 3.52. The van der Waals surface area contributed by atoms with Gasteiger partial charge in [0.2, 0.25) is 15.9 Å². The highest BCUT2D eigenvalue weighted by Crippen LogP contribution is 2.25. The number of carbonyl (C=O) groups is 1. The second-order valence-electron chi connectivity index (χ2n) is 5.29. The number of halogens is 1. The largest absolute Gasteiger partial charge is 0.323 e. The molecule has 0 aromatic heterocycles. The first-order valence-electron chi connectivity index (χ1n) is 7.44. The van der Waals surface area contributed by atoms with E-state index in [0.717, 1.165) is 10.6 Å². The van der Waals surface area contributed by atoms with Gasteiger partial charge in [-0.15, -0.1) is 0 Å². The van der Waals surface area contributed by atoms with Crippen molar-refractivity contribution in [1.29, 1.82) is 0 Å². The molecule has 0 aliphatic carbocycles. The molecule has 24 heavy (non-hydrogen) atoms. The van der Waals surface area contributed by atoms with Gasteiger partial charge in [0.15, 0.2) is 0 Å². The Kier molecular flexibility index (Phi) is 5.85. The lowest BCUT2D eigenvalue weighted by atomic mass is 10.2. The van der Waals surface area contributed by atoms with Gasteiger partial charge in [-0.1, -0.05) is 48.9 Å². The van der Waals surface area contributed by atoms with Crippen LogP contribution >= 0.6 is 11.6 Å². The Bertz CT molecular complexity index is 810. The van der Waals surface area contributed by atoms with Crippen molar-refractivity contribution >= 4 is 38.9 Å². The zero-order valence-electron chi connectivity index (χ0n) is 13.4. The molecule has 0 radical (unpaired) electrons. The topological polar surface area (TPSA) is 66.5 Å². The van der Waals surface area contributed by atoms with Gasteiger partial charge in [-0.25, -0.2) is 8.42 Å². The number of carbonyl (C=O) groups excluding carboxylic acids is 1. The number of para-hydroxylation sites is 2. The van der Waals surface area contributed by atoms with Crippen LogP contribution in [0.3, 0.4) is 0 Å². The van der Waals surface area contributed by atoms with E-state index in [9.17, 15) is 13.2 Å². The highest BCUT2D eigenvalue weighted by molar-refractivity contribution is 7.92. The number of sulfonamides is 1. The monoisotopic (exact) mass is 366 g/mol. The smallest absolute Gasteiger partial charge is 0.248 e. The molecule has 0 fully saturated rings. The number of hydrogen-bond donors (Lipinski definition) is 1. The maximum atomic E-state index is 12.7. The molecule has 0 saturated carbocycles. The third-order valence-corrected chi connectivity index (χ3v) is 4.98. The van der Waals surface area contributed by atoms with E-state index >= 15 is 0 Å². The van der Waals surface area contributed by atoms with Gasteiger partial charge < -0.3 is 5.32 Å². The lowest BCUT2D eigenvalue weighted by molar-refractivity contribution is -0.117. The minimum Gasteiger partial charge on any atom is -0.323 e. The number of hydrogen-bond acceptors (Lipinski definition) is 3. The van der Waals surface area contributed by atoms with Crippen molar-refractivity contribution in [1.82, 2.24) is 0 Å². The zero-order valence-corrected chi connectivity index (χ0v) is 15.0. The SMILES string of the molecule is CC[C@H](C(=O)Nc1ccccc1Cl)N(c1ccccc1)S(C)(=O)=O. The van der Waals surface area contributed by atoms with Crippen LogP contribution in [0.25, 0.3) is 0 Å². The number of benzene rings is 2. The molecule has 1 atom stereocenters. The molecule has 5 nitrogen and oxygen atoms in total. The molecule has 0 bridgehead atoms.